The van der Waals surface area contributed by atoms with Gasteiger partial charge in [-0.05, 0) is 25.8 Å². The van der Waals surface area contributed by atoms with Crippen LogP contribution < -0.4 is 0 Å². The number of aliphatic hydroxyl groups is 1. The molecule has 1 unspecified atom stereocenters. The second-order valence-corrected chi connectivity index (χ2v) is 4.68. The summed E-state index contributed by atoms with van der Waals surface area (Å²) >= 11 is 0. The van der Waals surface area contributed by atoms with E-state index in [1.54, 1.807) is 38.1 Å². The fourth-order valence-electron chi connectivity index (χ4n) is 2.08. The molecule has 0 heterocycles. The summed E-state index contributed by atoms with van der Waals surface area (Å²) < 4.78 is 9.76. The van der Waals surface area contributed by atoms with Gasteiger partial charge in [-0.3, -0.25) is 9.59 Å². The predicted octanol–water partition coefficient (Wildman–Crippen LogP) is 2.17. The molecule has 1 atom stereocenters. The minimum Gasteiger partial charge on any atom is -0.466 e. The highest BCUT2D eigenvalue weighted by molar-refractivity contribution is 5.72. The molecule has 0 fully saturated rings. The van der Waals surface area contributed by atoms with E-state index in [1.165, 1.54) is 0 Å². The SMILES string of the molecule is CCOC(=O)CCC(O)(CC(=O)OCC)c1ccccc1. The van der Waals surface area contributed by atoms with Crippen LogP contribution in [0.5, 0.6) is 0 Å². The van der Waals surface area contributed by atoms with E-state index in [4.69, 9.17) is 9.47 Å². The maximum atomic E-state index is 11.7. The van der Waals surface area contributed by atoms with Crippen LogP contribution in [-0.2, 0) is 24.7 Å². The zero-order valence-corrected chi connectivity index (χ0v) is 12.5. The molecule has 5 heteroatoms. The Morgan fingerprint density at radius 2 is 1.62 bits per heavy atom. The van der Waals surface area contributed by atoms with Gasteiger partial charge in [-0.15, -0.1) is 0 Å². The number of ether oxygens (including phenoxy) is 2. The third kappa shape index (κ3) is 5.55. The minimum absolute atomic E-state index is 0.0403. The van der Waals surface area contributed by atoms with Crippen molar-refractivity contribution in [1.29, 1.82) is 0 Å². The lowest BCUT2D eigenvalue weighted by atomic mass is 9.86. The molecule has 1 rings (SSSR count). The van der Waals surface area contributed by atoms with Crippen molar-refractivity contribution in [2.24, 2.45) is 0 Å². The van der Waals surface area contributed by atoms with Crippen molar-refractivity contribution in [2.45, 2.75) is 38.7 Å². The van der Waals surface area contributed by atoms with Crippen LogP contribution in [0, 0.1) is 0 Å². The summed E-state index contributed by atoms with van der Waals surface area (Å²) in [6, 6.07) is 8.82. The van der Waals surface area contributed by atoms with Crippen LogP contribution in [0.2, 0.25) is 0 Å². The molecular weight excluding hydrogens is 272 g/mol. The molecule has 21 heavy (non-hydrogen) atoms. The summed E-state index contributed by atoms with van der Waals surface area (Å²) in [4.78, 5) is 23.2. The van der Waals surface area contributed by atoms with E-state index in [2.05, 4.69) is 0 Å². The first kappa shape index (κ1) is 17.2. The molecule has 0 aromatic heterocycles. The Balaban J connectivity index is 2.83. The van der Waals surface area contributed by atoms with E-state index in [-0.39, 0.29) is 25.9 Å². The second kappa shape index (κ2) is 8.42. The highest BCUT2D eigenvalue weighted by Crippen LogP contribution is 2.30. The molecule has 0 saturated heterocycles. The Bertz CT molecular complexity index is 457. The van der Waals surface area contributed by atoms with Gasteiger partial charge in [0.15, 0.2) is 0 Å². The summed E-state index contributed by atoms with van der Waals surface area (Å²) in [6.45, 7) is 3.97. The van der Waals surface area contributed by atoms with E-state index in [9.17, 15) is 14.7 Å². The third-order valence-electron chi connectivity index (χ3n) is 3.10. The van der Waals surface area contributed by atoms with Crippen molar-refractivity contribution in [3.63, 3.8) is 0 Å². The van der Waals surface area contributed by atoms with Crippen LogP contribution in [0.1, 0.15) is 38.7 Å². The van der Waals surface area contributed by atoms with Crippen molar-refractivity contribution >= 4 is 11.9 Å². The smallest absolute Gasteiger partial charge is 0.309 e. The van der Waals surface area contributed by atoms with Crippen molar-refractivity contribution in [1.82, 2.24) is 0 Å². The molecule has 116 valence electrons. The number of hydrogen-bond acceptors (Lipinski definition) is 5. The first-order chi connectivity index (χ1) is 10.0. The van der Waals surface area contributed by atoms with E-state index >= 15 is 0 Å². The van der Waals surface area contributed by atoms with Crippen LogP contribution in [0.15, 0.2) is 30.3 Å². The number of carbonyl (C=O) groups is 2. The van der Waals surface area contributed by atoms with Crippen LogP contribution in [0.25, 0.3) is 0 Å². The normalized spacial score (nSPS) is 13.3. The van der Waals surface area contributed by atoms with Crippen LogP contribution in [-0.4, -0.2) is 30.3 Å². The van der Waals surface area contributed by atoms with Crippen LogP contribution in [0.4, 0.5) is 0 Å². The monoisotopic (exact) mass is 294 g/mol. The van der Waals surface area contributed by atoms with E-state index < -0.39 is 17.5 Å². The highest BCUT2D eigenvalue weighted by atomic mass is 16.5. The lowest BCUT2D eigenvalue weighted by Gasteiger charge is -2.27. The zero-order chi connectivity index (χ0) is 15.7. The fourth-order valence-corrected chi connectivity index (χ4v) is 2.08. The van der Waals surface area contributed by atoms with E-state index in [1.807, 2.05) is 6.07 Å². The van der Waals surface area contributed by atoms with Gasteiger partial charge in [0.05, 0.1) is 19.6 Å². The summed E-state index contributed by atoms with van der Waals surface area (Å²) in [5, 5.41) is 10.8. The molecule has 0 aliphatic carbocycles. The first-order valence-electron chi connectivity index (χ1n) is 7.11. The standard InChI is InChI=1S/C16H22O5/c1-3-20-14(17)10-11-16(19,12-15(18)21-4-2)13-8-6-5-7-9-13/h5-9,19H,3-4,10-12H2,1-2H3. The molecule has 1 aromatic carbocycles. The maximum absolute atomic E-state index is 11.7. The molecule has 1 aromatic rings. The molecule has 0 spiro atoms. The summed E-state index contributed by atoms with van der Waals surface area (Å²) in [7, 11) is 0. The van der Waals surface area contributed by atoms with E-state index in [0.717, 1.165) is 0 Å². The Labute approximate surface area is 124 Å². The van der Waals surface area contributed by atoms with Gasteiger partial charge in [-0.2, -0.15) is 0 Å². The summed E-state index contributed by atoms with van der Waals surface area (Å²) in [5.74, 6) is -0.886. The quantitative estimate of drug-likeness (QED) is 0.744. The molecule has 0 aliphatic rings. The Morgan fingerprint density at radius 1 is 1.05 bits per heavy atom. The molecule has 0 saturated carbocycles. The second-order valence-electron chi connectivity index (χ2n) is 4.68. The van der Waals surface area contributed by atoms with Gasteiger partial charge in [0.1, 0.15) is 5.60 Å². The molecular formula is C16H22O5. The van der Waals surface area contributed by atoms with Gasteiger partial charge < -0.3 is 14.6 Å². The number of esters is 2. The van der Waals surface area contributed by atoms with E-state index in [0.29, 0.717) is 12.2 Å². The van der Waals surface area contributed by atoms with Crippen molar-refractivity contribution in [2.75, 3.05) is 13.2 Å². The van der Waals surface area contributed by atoms with Crippen molar-refractivity contribution in [3.05, 3.63) is 35.9 Å². The largest absolute Gasteiger partial charge is 0.466 e. The molecule has 0 radical (unpaired) electrons. The third-order valence-corrected chi connectivity index (χ3v) is 3.10. The summed E-state index contributed by atoms with van der Waals surface area (Å²) in [5.41, 5.74) is -0.845. The Hall–Kier alpha value is -1.88. The molecule has 0 bridgehead atoms. The van der Waals surface area contributed by atoms with Gasteiger partial charge in [-0.25, -0.2) is 0 Å². The minimum atomic E-state index is -1.43. The van der Waals surface area contributed by atoms with Crippen molar-refractivity contribution in [3.8, 4) is 0 Å². The lowest BCUT2D eigenvalue weighted by molar-refractivity contribution is -0.152. The molecule has 0 aliphatic heterocycles. The maximum Gasteiger partial charge on any atom is 0.309 e. The predicted molar refractivity (Wildman–Crippen MR) is 77.5 cm³/mol. The average molecular weight is 294 g/mol. The Kier molecular flexibility index (Phi) is 6.88. The van der Waals surface area contributed by atoms with Crippen LogP contribution >= 0.6 is 0 Å². The first-order valence-corrected chi connectivity index (χ1v) is 7.11. The zero-order valence-electron chi connectivity index (χ0n) is 12.5. The topological polar surface area (TPSA) is 72.8 Å². The Morgan fingerprint density at radius 3 is 2.19 bits per heavy atom. The van der Waals surface area contributed by atoms with Crippen LogP contribution in [0.3, 0.4) is 0 Å². The molecule has 1 N–H and O–H groups in total. The molecule has 5 nitrogen and oxygen atoms in total. The summed E-state index contributed by atoms with van der Waals surface area (Å²) in [6.07, 6.45) is -0.0441. The van der Waals surface area contributed by atoms with Gasteiger partial charge in [0.2, 0.25) is 0 Å². The average Bonchev–Trinajstić information content (AvgIpc) is 2.47. The fraction of sp³-hybridized carbons (Fsp3) is 0.500. The number of rotatable bonds is 8. The van der Waals surface area contributed by atoms with Gasteiger partial charge in [0, 0.05) is 6.42 Å². The highest BCUT2D eigenvalue weighted by Gasteiger charge is 2.33. The van der Waals surface area contributed by atoms with Gasteiger partial charge in [-0.1, -0.05) is 30.3 Å². The number of benzene rings is 1. The van der Waals surface area contributed by atoms with Gasteiger partial charge >= 0.3 is 11.9 Å². The van der Waals surface area contributed by atoms with Gasteiger partial charge in [0.25, 0.3) is 0 Å². The number of hydrogen-bond donors (Lipinski definition) is 1. The number of carbonyl (C=O) groups excluding carboxylic acids is 2. The molecule has 0 amide bonds. The lowest BCUT2D eigenvalue weighted by Crippen LogP contribution is -2.31. The van der Waals surface area contributed by atoms with Crippen molar-refractivity contribution < 1.29 is 24.2 Å².